The van der Waals surface area contributed by atoms with Crippen LogP contribution in [0.4, 0.5) is 0 Å². The molecule has 1 aliphatic carbocycles. The highest BCUT2D eigenvalue weighted by atomic mass is 15.2. The summed E-state index contributed by atoms with van der Waals surface area (Å²) in [6.07, 6.45) is 8.43. The van der Waals surface area contributed by atoms with E-state index < -0.39 is 0 Å². The number of hydrogen-bond donors (Lipinski definition) is 1. The average Bonchev–Trinajstić information content (AvgIpc) is 3.13. The van der Waals surface area contributed by atoms with Crippen molar-refractivity contribution in [2.75, 3.05) is 26.2 Å². The molecular weight excluding hydrogens is 208 g/mol. The van der Waals surface area contributed by atoms with E-state index in [9.17, 15) is 0 Å². The van der Waals surface area contributed by atoms with E-state index in [4.69, 9.17) is 0 Å². The number of piperidine rings is 1. The first-order chi connectivity index (χ1) is 8.31. The Hall–Kier alpha value is -0.0800. The van der Waals surface area contributed by atoms with Crippen molar-refractivity contribution in [1.82, 2.24) is 10.2 Å². The lowest BCUT2D eigenvalue weighted by atomic mass is 9.90. The summed E-state index contributed by atoms with van der Waals surface area (Å²) in [7, 11) is 0. The highest BCUT2D eigenvalue weighted by Crippen LogP contribution is 2.30. The Morgan fingerprint density at radius 3 is 2.53 bits per heavy atom. The Bertz CT molecular complexity index is 213. The normalized spacial score (nSPS) is 29.8. The van der Waals surface area contributed by atoms with Crippen LogP contribution in [0.3, 0.4) is 0 Å². The van der Waals surface area contributed by atoms with E-state index in [-0.39, 0.29) is 0 Å². The van der Waals surface area contributed by atoms with E-state index in [1.54, 1.807) is 0 Å². The van der Waals surface area contributed by atoms with Crippen molar-refractivity contribution >= 4 is 0 Å². The molecule has 0 aromatic heterocycles. The van der Waals surface area contributed by atoms with Gasteiger partial charge in [0.2, 0.25) is 0 Å². The van der Waals surface area contributed by atoms with Gasteiger partial charge in [-0.2, -0.15) is 0 Å². The molecule has 1 saturated heterocycles. The van der Waals surface area contributed by atoms with Crippen molar-refractivity contribution in [3.05, 3.63) is 0 Å². The van der Waals surface area contributed by atoms with Gasteiger partial charge in [-0.15, -0.1) is 0 Å². The molecule has 1 heterocycles. The molecule has 2 aliphatic rings. The molecule has 1 aliphatic heterocycles. The Kier molecular flexibility index (Phi) is 5.30. The molecule has 0 aromatic carbocycles. The summed E-state index contributed by atoms with van der Waals surface area (Å²) in [6, 6.07) is 0.763. The molecule has 0 spiro atoms. The minimum absolute atomic E-state index is 0.763. The largest absolute Gasteiger partial charge is 0.313 e. The van der Waals surface area contributed by atoms with Crippen LogP contribution >= 0.6 is 0 Å². The SMILES string of the molecule is CCCN(CC1CC1)CC1CC(CC)CCN1. The highest BCUT2D eigenvalue weighted by Gasteiger charge is 2.27. The van der Waals surface area contributed by atoms with Crippen molar-refractivity contribution in [3.63, 3.8) is 0 Å². The predicted molar refractivity (Wildman–Crippen MR) is 74.3 cm³/mol. The van der Waals surface area contributed by atoms with Gasteiger partial charge >= 0.3 is 0 Å². The Balaban J connectivity index is 1.74. The fourth-order valence-corrected chi connectivity index (χ4v) is 3.16. The molecule has 0 bridgehead atoms. The van der Waals surface area contributed by atoms with Crippen molar-refractivity contribution in [2.45, 2.75) is 58.4 Å². The van der Waals surface area contributed by atoms with Gasteiger partial charge in [0, 0.05) is 19.1 Å². The third-order valence-electron chi connectivity index (χ3n) is 4.41. The molecular formula is C15H30N2. The van der Waals surface area contributed by atoms with Crippen LogP contribution in [0.15, 0.2) is 0 Å². The van der Waals surface area contributed by atoms with Crippen LogP contribution in [-0.4, -0.2) is 37.1 Å². The zero-order valence-corrected chi connectivity index (χ0v) is 11.8. The van der Waals surface area contributed by atoms with E-state index in [2.05, 4.69) is 24.1 Å². The molecule has 1 N–H and O–H groups in total. The molecule has 17 heavy (non-hydrogen) atoms. The summed E-state index contributed by atoms with van der Waals surface area (Å²) in [5, 5.41) is 3.72. The number of hydrogen-bond acceptors (Lipinski definition) is 2. The van der Waals surface area contributed by atoms with Gasteiger partial charge in [0.1, 0.15) is 0 Å². The quantitative estimate of drug-likeness (QED) is 0.733. The summed E-state index contributed by atoms with van der Waals surface area (Å²) in [6.45, 7) is 9.85. The summed E-state index contributed by atoms with van der Waals surface area (Å²) in [4.78, 5) is 2.72. The molecule has 2 atom stereocenters. The maximum absolute atomic E-state index is 3.72. The van der Waals surface area contributed by atoms with Gasteiger partial charge in [-0.3, -0.25) is 0 Å². The Labute approximate surface area is 107 Å². The van der Waals surface area contributed by atoms with E-state index >= 15 is 0 Å². The van der Waals surface area contributed by atoms with Crippen LogP contribution in [0.5, 0.6) is 0 Å². The summed E-state index contributed by atoms with van der Waals surface area (Å²) in [5.41, 5.74) is 0. The van der Waals surface area contributed by atoms with Crippen molar-refractivity contribution in [3.8, 4) is 0 Å². The first-order valence-corrected chi connectivity index (χ1v) is 7.77. The molecule has 2 rings (SSSR count). The van der Waals surface area contributed by atoms with Gasteiger partial charge < -0.3 is 10.2 Å². The lowest BCUT2D eigenvalue weighted by Gasteiger charge is -2.34. The molecule has 2 fully saturated rings. The van der Waals surface area contributed by atoms with Crippen LogP contribution in [0.2, 0.25) is 0 Å². The molecule has 2 nitrogen and oxygen atoms in total. The highest BCUT2D eigenvalue weighted by molar-refractivity contribution is 4.83. The maximum Gasteiger partial charge on any atom is 0.0197 e. The lowest BCUT2D eigenvalue weighted by Crippen LogP contribution is -2.46. The maximum atomic E-state index is 3.72. The van der Waals surface area contributed by atoms with Crippen molar-refractivity contribution < 1.29 is 0 Å². The van der Waals surface area contributed by atoms with Gasteiger partial charge in [0.25, 0.3) is 0 Å². The molecule has 2 heteroatoms. The Morgan fingerprint density at radius 2 is 1.88 bits per heavy atom. The third kappa shape index (κ3) is 4.59. The van der Waals surface area contributed by atoms with Gasteiger partial charge in [-0.05, 0) is 57.0 Å². The number of rotatable bonds is 7. The zero-order chi connectivity index (χ0) is 12.1. The zero-order valence-electron chi connectivity index (χ0n) is 11.8. The molecule has 0 aromatic rings. The predicted octanol–water partition coefficient (Wildman–Crippen LogP) is 2.89. The molecule has 100 valence electrons. The van der Waals surface area contributed by atoms with Gasteiger partial charge in [0.05, 0.1) is 0 Å². The second kappa shape index (κ2) is 6.75. The van der Waals surface area contributed by atoms with E-state index in [1.807, 2.05) is 0 Å². The minimum atomic E-state index is 0.763. The van der Waals surface area contributed by atoms with E-state index in [1.165, 1.54) is 64.7 Å². The monoisotopic (exact) mass is 238 g/mol. The standard InChI is InChI=1S/C15H30N2/c1-3-9-17(11-14-5-6-14)12-15-10-13(4-2)7-8-16-15/h13-16H,3-12H2,1-2H3. The number of nitrogens with one attached hydrogen (secondary N) is 1. The van der Waals surface area contributed by atoms with Crippen LogP contribution in [0.1, 0.15) is 52.4 Å². The minimum Gasteiger partial charge on any atom is -0.313 e. The molecule has 2 unspecified atom stereocenters. The first-order valence-electron chi connectivity index (χ1n) is 7.77. The van der Waals surface area contributed by atoms with Gasteiger partial charge in [0.15, 0.2) is 0 Å². The fraction of sp³-hybridized carbons (Fsp3) is 1.00. The van der Waals surface area contributed by atoms with Gasteiger partial charge in [-0.1, -0.05) is 20.3 Å². The van der Waals surface area contributed by atoms with Crippen LogP contribution in [0.25, 0.3) is 0 Å². The molecule has 0 amide bonds. The second-order valence-electron chi connectivity index (χ2n) is 6.15. The van der Waals surface area contributed by atoms with Crippen LogP contribution < -0.4 is 5.32 Å². The van der Waals surface area contributed by atoms with E-state index in [0.717, 1.165) is 17.9 Å². The first kappa shape index (κ1) is 13.4. The van der Waals surface area contributed by atoms with E-state index in [0.29, 0.717) is 0 Å². The molecule has 1 saturated carbocycles. The lowest BCUT2D eigenvalue weighted by molar-refractivity contribution is 0.194. The fourth-order valence-electron chi connectivity index (χ4n) is 3.16. The smallest absolute Gasteiger partial charge is 0.0197 e. The topological polar surface area (TPSA) is 15.3 Å². The van der Waals surface area contributed by atoms with Crippen LogP contribution in [0, 0.1) is 11.8 Å². The Morgan fingerprint density at radius 1 is 1.06 bits per heavy atom. The van der Waals surface area contributed by atoms with Crippen LogP contribution in [-0.2, 0) is 0 Å². The summed E-state index contributed by atoms with van der Waals surface area (Å²) in [5.74, 6) is 2.01. The summed E-state index contributed by atoms with van der Waals surface area (Å²) < 4.78 is 0. The summed E-state index contributed by atoms with van der Waals surface area (Å²) >= 11 is 0. The molecule has 0 radical (unpaired) electrons. The second-order valence-corrected chi connectivity index (χ2v) is 6.15. The van der Waals surface area contributed by atoms with Crippen molar-refractivity contribution in [2.24, 2.45) is 11.8 Å². The van der Waals surface area contributed by atoms with Crippen molar-refractivity contribution in [1.29, 1.82) is 0 Å². The average molecular weight is 238 g/mol. The third-order valence-corrected chi connectivity index (χ3v) is 4.41. The number of nitrogens with zero attached hydrogens (tertiary/aromatic N) is 1. The van der Waals surface area contributed by atoms with Gasteiger partial charge in [-0.25, -0.2) is 0 Å².